The maximum Gasteiger partial charge on any atom is 2.00 e. The Morgan fingerprint density at radius 1 is 0.688 bits per heavy atom. The Kier molecular flexibility index (Phi) is 14.2. The Morgan fingerprint density at radius 2 is 0.875 bits per heavy atom. The first-order chi connectivity index (χ1) is 5.41. The molecule has 0 radical (unpaired) electrons. The van der Waals surface area contributed by atoms with E-state index in [-0.39, 0.29) is 44.3 Å². The van der Waals surface area contributed by atoms with Crippen LogP contribution in [0.25, 0.3) is 0 Å². The molecule has 5 N–H and O–H groups in total. The van der Waals surface area contributed by atoms with Gasteiger partial charge in [0, 0.05) is 0 Å². The molecule has 16 heavy (non-hydrogen) atoms. The SMILES string of the molecule is O=P(O)(O)OP(=O)(O)OP(=O)(O)O.[Cl-].[Cl-].[Zn+2]. The van der Waals surface area contributed by atoms with Gasteiger partial charge in [-0.25, -0.2) is 13.7 Å². The van der Waals surface area contributed by atoms with E-state index in [1.165, 1.54) is 0 Å². The molecule has 10 nitrogen and oxygen atoms in total. The zero-order chi connectivity index (χ0) is 10.9. The normalized spacial score (nSPS) is 11.8. The minimum Gasteiger partial charge on any atom is -1.00 e. The van der Waals surface area contributed by atoms with Crippen molar-refractivity contribution in [1.29, 1.82) is 0 Å². The molecule has 0 aliphatic rings. The van der Waals surface area contributed by atoms with Crippen molar-refractivity contribution in [1.82, 2.24) is 0 Å². The molecule has 0 aromatic rings. The molecule has 96 valence electrons. The largest absolute Gasteiger partial charge is 2.00 e. The van der Waals surface area contributed by atoms with E-state index in [0.29, 0.717) is 0 Å². The van der Waals surface area contributed by atoms with Gasteiger partial charge in [-0.15, -0.1) is 0 Å². The van der Waals surface area contributed by atoms with Crippen molar-refractivity contribution in [3.8, 4) is 0 Å². The molecule has 0 bridgehead atoms. The van der Waals surface area contributed by atoms with Gasteiger partial charge in [0.1, 0.15) is 0 Å². The third-order valence-electron chi connectivity index (χ3n) is 0.419. The van der Waals surface area contributed by atoms with Gasteiger partial charge in [-0.1, -0.05) is 0 Å². The molecule has 0 aromatic carbocycles. The summed E-state index contributed by atoms with van der Waals surface area (Å²) in [6, 6.07) is 0. The molecule has 0 aliphatic carbocycles. The zero-order valence-electron chi connectivity index (χ0n) is 7.08. The molecule has 0 fully saturated rings. The number of halogens is 2. The topological polar surface area (TPSA) is 171 Å². The molecule has 0 heterocycles. The van der Waals surface area contributed by atoms with Crippen LogP contribution in [0.15, 0.2) is 0 Å². The van der Waals surface area contributed by atoms with E-state index < -0.39 is 23.5 Å². The van der Waals surface area contributed by atoms with E-state index in [1.54, 1.807) is 0 Å². The average molecular weight is 394 g/mol. The fourth-order valence-corrected chi connectivity index (χ4v) is 2.82. The Balaban J connectivity index is -0.000000240. The van der Waals surface area contributed by atoms with Crippen LogP contribution < -0.4 is 24.8 Å². The molecule has 0 rings (SSSR count). The third-order valence-corrected chi connectivity index (χ3v) is 3.77. The monoisotopic (exact) mass is 392 g/mol. The first-order valence-corrected chi connectivity index (χ1v) is 6.83. The van der Waals surface area contributed by atoms with Crippen LogP contribution >= 0.6 is 23.5 Å². The summed E-state index contributed by atoms with van der Waals surface area (Å²) >= 11 is 0. The van der Waals surface area contributed by atoms with Gasteiger partial charge in [0.05, 0.1) is 0 Å². The molecule has 0 aliphatic heterocycles. The second-order valence-electron chi connectivity index (χ2n) is 1.61. The van der Waals surface area contributed by atoms with Crippen molar-refractivity contribution in [2.45, 2.75) is 0 Å². The van der Waals surface area contributed by atoms with Crippen LogP contribution in [-0.2, 0) is 41.8 Å². The number of hydrogen-bond acceptors (Lipinski definition) is 5. The van der Waals surface area contributed by atoms with Crippen molar-refractivity contribution < 1.29 is 91.1 Å². The second-order valence-corrected chi connectivity index (χ2v) is 5.82. The molecule has 0 aromatic heterocycles. The van der Waals surface area contributed by atoms with E-state index in [9.17, 15) is 13.7 Å². The number of rotatable bonds is 4. The first-order valence-electron chi connectivity index (χ1n) is 2.28. The molecule has 0 saturated carbocycles. The Labute approximate surface area is 114 Å². The van der Waals surface area contributed by atoms with Crippen LogP contribution in [0.5, 0.6) is 0 Å². The van der Waals surface area contributed by atoms with Gasteiger partial charge >= 0.3 is 42.9 Å². The fourth-order valence-electron chi connectivity index (χ4n) is 0.284. The minimum atomic E-state index is -5.46. The first kappa shape index (κ1) is 26.2. The standard InChI is InChI=1S/2ClH.H5O10P3.Zn/c;;1-11(2,3)9-13(7,8)10-12(4,5)6;/h2*1H;(H,7,8)(H2,1,2,3)(H2,4,5,6);/q;;;+2/p-2. The number of phosphoric acid groups is 3. The summed E-state index contributed by atoms with van der Waals surface area (Å²) in [7, 11) is -16.2. The maximum atomic E-state index is 10.4. The van der Waals surface area contributed by atoms with Crippen LogP contribution in [0.1, 0.15) is 0 Å². The van der Waals surface area contributed by atoms with Gasteiger partial charge in [0.2, 0.25) is 0 Å². The van der Waals surface area contributed by atoms with Crippen LogP contribution in [0, 0.1) is 0 Å². The van der Waals surface area contributed by atoms with E-state index >= 15 is 0 Å². The fraction of sp³-hybridized carbons (Fsp3) is 0. The van der Waals surface area contributed by atoms with E-state index in [4.69, 9.17) is 24.5 Å². The summed E-state index contributed by atoms with van der Waals surface area (Å²) in [6.45, 7) is 0. The Hall–Kier alpha value is 1.61. The van der Waals surface area contributed by atoms with Crippen LogP contribution in [-0.4, -0.2) is 24.5 Å². The van der Waals surface area contributed by atoms with Crippen LogP contribution in [0.3, 0.4) is 0 Å². The van der Waals surface area contributed by atoms with Gasteiger partial charge in [-0.05, 0) is 0 Å². The molecule has 0 spiro atoms. The van der Waals surface area contributed by atoms with Crippen LogP contribution in [0.4, 0.5) is 0 Å². The molecule has 16 heteroatoms. The van der Waals surface area contributed by atoms with Gasteiger partial charge in [0.15, 0.2) is 0 Å². The van der Waals surface area contributed by atoms with E-state index in [0.717, 1.165) is 0 Å². The van der Waals surface area contributed by atoms with Crippen molar-refractivity contribution in [2.75, 3.05) is 0 Å². The predicted molar refractivity (Wildman–Crippen MR) is 36.1 cm³/mol. The summed E-state index contributed by atoms with van der Waals surface area (Å²) in [4.78, 5) is 40.2. The van der Waals surface area contributed by atoms with Crippen molar-refractivity contribution in [3.63, 3.8) is 0 Å². The summed E-state index contributed by atoms with van der Waals surface area (Å²) in [5.74, 6) is 0. The van der Waals surface area contributed by atoms with Crippen molar-refractivity contribution >= 4 is 23.5 Å². The van der Waals surface area contributed by atoms with E-state index in [1.807, 2.05) is 0 Å². The third kappa shape index (κ3) is 18.0. The van der Waals surface area contributed by atoms with E-state index in [2.05, 4.69) is 8.62 Å². The minimum absolute atomic E-state index is 0. The Bertz CT molecular complexity index is 286. The summed E-state index contributed by atoms with van der Waals surface area (Å²) in [5.41, 5.74) is 0. The maximum absolute atomic E-state index is 10.4. The molecule has 0 amide bonds. The molecular formula is H5Cl2O10P3Zn. The predicted octanol–water partition coefficient (Wildman–Crippen LogP) is -6.69. The molecule has 0 saturated heterocycles. The van der Waals surface area contributed by atoms with Crippen molar-refractivity contribution in [3.05, 3.63) is 0 Å². The summed E-state index contributed by atoms with van der Waals surface area (Å²) in [6.07, 6.45) is 0. The van der Waals surface area contributed by atoms with Crippen molar-refractivity contribution in [2.24, 2.45) is 0 Å². The second kappa shape index (κ2) is 8.67. The van der Waals surface area contributed by atoms with Gasteiger partial charge in [0.25, 0.3) is 0 Å². The molecule has 0 atom stereocenters. The average Bonchev–Trinajstić information content (AvgIpc) is 1.43. The smallest absolute Gasteiger partial charge is 1.00 e. The quantitative estimate of drug-likeness (QED) is 0.228. The van der Waals surface area contributed by atoms with Gasteiger partial charge in [-0.3, -0.25) is 0 Å². The summed E-state index contributed by atoms with van der Waals surface area (Å²) < 4.78 is 36.4. The molecule has 0 unspecified atom stereocenters. The summed E-state index contributed by atoms with van der Waals surface area (Å²) in [5, 5.41) is 0. The number of hydrogen-bond donors (Lipinski definition) is 5. The zero-order valence-corrected chi connectivity index (χ0v) is 14.2. The van der Waals surface area contributed by atoms with Gasteiger partial charge < -0.3 is 49.3 Å². The molecular weight excluding hydrogens is 389 g/mol. The van der Waals surface area contributed by atoms with Crippen LogP contribution in [0.2, 0.25) is 0 Å². The Morgan fingerprint density at radius 3 is 1.00 bits per heavy atom. The van der Waals surface area contributed by atoms with Gasteiger partial charge in [-0.2, -0.15) is 8.62 Å².